The van der Waals surface area contributed by atoms with Gasteiger partial charge in [-0.15, -0.1) is 13.2 Å². The summed E-state index contributed by atoms with van der Waals surface area (Å²) in [6, 6.07) is 8.12. The molecule has 0 fully saturated rings. The van der Waals surface area contributed by atoms with Crippen LogP contribution in [0.1, 0.15) is 29.8 Å². The van der Waals surface area contributed by atoms with E-state index < -0.39 is 0 Å². The summed E-state index contributed by atoms with van der Waals surface area (Å²) in [4.78, 5) is 20.4. The summed E-state index contributed by atoms with van der Waals surface area (Å²) in [5, 5.41) is 6.82. The molecule has 0 radical (unpaired) electrons. The van der Waals surface area contributed by atoms with Gasteiger partial charge < -0.3 is 15.5 Å². The van der Waals surface area contributed by atoms with Gasteiger partial charge in [-0.3, -0.25) is 14.7 Å². The van der Waals surface area contributed by atoms with E-state index in [0.717, 1.165) is 44.1 Å². The van der Waals surface area contributed by atoms with Gasteiger partial charge in [0.05, 0.1) is 0 Å². The molecule has 1 rings (SSSR count). The van der Waals surface area contributed by atoms with Crippen molar-refractivity contribution in [2.45, 2.75) is 26.3 Å². The first kappa shape index (κ1) is 25.4. The van der Waals surface area contributed by atoms with Gasteiger partial charge in [-0.2, -0.15) is 0 Å². The van der Waals surface area contributed by atoms with Crippen molar-refractivity contribution in [3.05, 3.63) is 60.7 Å². The predicted octanol–water partition coefficient (Wildman–Crippen LogP) is 2.79. The molecule has 0 aliphatic rings. The Kier molecular flexibility index (Phi) is 11.5. The Hall–Kier alpha value is -2.60. The van der Waals surface area contributed by atoms with Crippen LogP contribution in [0.4, 0.5) is 0 Å². The first-order valence-electron chi connectivity index (χ1n) is 10.5. The number of carbonyl (C=O) groups is 1. The number of benzene rings is 1. The van der Waals surface area contributed by atoms with Gasteiger partial charge in [-0.05, 0) is 30.0 Å². The van der Waals surface area contributed by atoms with Crippen LogP contribution in [0, 0.1) is 5.92 Å². The van der Waals surface area contributed by atoms with E-state index in [9.17, 15) is 4.79 Å². The van der Waals surface area contributed by atoms with Crippen molar-refractivity contribution < 1.29 is 4.79 Å². The van der Waals surface area contributed by atoms with Gasteiger partial charge in [0.1, 0.15) is 0 Å². The van der Waals surface area contributed by atoms with Crippen LogP contribution in [0.15, 0.2) is 54.6 Å². The van der Waals surface area contributed by atoms with Crippen molar-refractivity contribution in [2.75, 3.05) is 47.3 Å². The highest BCUT2D eigenvalue weighted by Crippen LogP contribution is 2.11. The van der Waals surface area contributed by atoms with Crippen LogP contribution >= 0.6 is 0 Å². The van der Waals surface area contributed by atoms with Crippen LogP contribution in [0.3, 0.4) is 0 Å². The second-order valence-corrected chi connectivity index (χ2v) is 7.87. The van der Waals surface area contributed by atoms with Gasteiger partial charge in [0.25, 0.3) is 5.91 Å². The first-order valence-corrected chi connectivity index (χ1v) is 10.5. The van der Waals surface area contributed by atoms with E-state index in [1.54, 1.807) is 26.0 Å². The molecule has 1 aromatic carbocycles. The third kappa shape index (κ3) is 8.41. The zero-order valence-corrected chi connectivity index (χ0v) is 19.3. The van der Waals surface area contributed by atoms with Crippen molar-refractivity contribution >= 4 is 11.9 Å². The fraction of sp³-hybridized carbons (Fsp3) is 0.500. The molecule has 0 heterocycles. The number of hydrogen-bond acceptors (Lipinski definition) is 3. The molecule has 166 valence electrons. The Labute approximate surface area is 182 Å². The first-order chi connectivity index (χ1) is 14.3. The number of hydrogen-bond donors (Lipinski definition) is 2. The smallest absolute Gasteiger partial charge is 0.253 e. The van der Waals surface area contributed by atoms with Crippen molar-refractivity contribution in [2.24, 2.45) is 10.9 Å². The lowest BCUT2D eigenvalue weighted by atomic mass is 10.0. The quantitative estimate of drug-likeness (QED) is 0.314. The summed E-state index contributed by atoms with van der Waals surface area (Å²) in [7, 11) is 5.31. The topological polar surface area (TPSA) is 60.0 Å². The fourth-order valence-corrected chi connectivity index (χ4v) is 3.33. The minimum Gasteiger partial charge on any atom is -0.356 e. The van der Waals surface area contributed by atoms with Crippen LogP contribution in [0.5, 0.6) is 0 Å². The average molecular weight is 414 g/mol. The molecule has 30 heavy (non-hydrogen) atoms. The summed E-state index contributed by atoms with van der Waals surface area (Å²) in [5.41, 5.74) is 1.83. The van der Waals surface area contributed by atoms with Crippen molar-refractivity contribution in [3.63, 3.8) is 0 Å². The average Bonchev–Trinajstić information content (AvgIpc) is 2.72. The maximum atomic E-state index is 12.1. The van der Waals surface area contributed by atoms with Crippen molar-refractivity contribution in [1.29, 1.82) is 0 Å². The summed E-state index contributed by atoms with van der Waals surface area (Å²) < 4.78 is 0. The molecule has 0 bridgehead atoms. The van der Waals surface area contributed by atoms with Crippen molar-refractivity contribution in [3.8, 4) is 0 Å². The van der Waals surface area contributed by atoms with Gasteiger partial charge in [0.15, 0.2) is 5.96 Å². The van der Waals surface area contributed by atoms with E-state index in [1.165, 1.54) is 0 Å². The van der Waals surface area contributed by atoms with Crippen LogP contribution < -0.4 is 10.6 Å². The molecule has 0 aliphatic carbocycles. The van der Waals surface area contributed by atoms with Crippen LogP contribution in [-0.2, 0) is 6.42 Å². The molecule has 2 N–H and O–H groups in total. The SMILES string of the molecule is C=CCN(CC=C)C(CNC(=NC)NCCc1cccc(C(=O)N(C)C)c1)C(C)C. The number of rotatable bonds is 12. The van der Waals surface area contributed by atoms with Crippen molar-refractivity contribution in [1.82, 2.24) is 20.4 Å². The largest absolute Gasteiger partial charge is 0.356 e. The highest BCUT2D eigenvalue weighted by molar-refractivity contribution is 5.94. The van der Waals surface area contributed by atoms with Crippen LogP contribution in [0.25, 0.3) is 0 Å². The summed E-state index contributed by atoms with van der Waals surface area (Å²) in [6.07, 6.45) is 4.67. The lowest BCUT2D eigenvalue weighted by molar-refractivity contribution is 0.0827. The zero-order valence-electron chi connectivity index (χ0n) is 19.3. The highest BCUT2D eigenvalue weighted by atomic mass is 16.2. The third-order valence-corrected chi connectivity index (χ3v) is 4.95. The van der Waals surface area contributed by atoms with E-state index in [0.29, 0.717) is 17.5 Å². The zero-order chi connectivity index (χ0) is 22.5. The minimum atomic E-state index is 0.0191. The van der Waals surface area contributed by atoms with Crippen LogP contribution in [0.2, 0.25) is 0 Å². The molecule has 0 spiro atoms. The Morgan fingerprint density at radius 1 is 1.17 bits per heavy atom. The molecule has 0 aromatic heterocycles. The van der Waals surface area contributed by atoms with Gasteiger partial charge in [0.2, 0.25) is 0 Å². The number of guanidine groups is 1. The monoisotopic (exact) mass is 413 g/mol. The minimum absolute atomic E-state index is 0.0191. The predicted molar refractivity (Wildman–Crippen MR) is 128 cm³/mol. The molecule has 0 aliphatic heterocycles. The Morgan fingerprint density at radius 2 is 1.83 bits per heavy atom. The normalized spacial score (nSPS) is 12.6. The molecular weight excluding hydrogens is 374 g/mol. The summed E-state index contributed by atoms with van der Waals surface area (Å²) >= 11 is 0. The fourth-order valence-electron chi connectivity index (χ4n) is 3.33. The Balaban J connectivity index is 2.62. The molecule has 6 heteroatoms. The second-order valence-electron chi connectivity index (χ2n) is 7.87. The maximum absolute atomic E-state index is 12.1. The van der Waals surface area contributed by atoms with E-state index in [-0.39, 0.29) is 5.91 Å². The lowest BCUT2D eigenvalue weighted by Gasteiger charge is -2.33. The van der Waals surface area contributed by atoms with Gasteiger partial charge in [-0.25, -0.2) is 0 Å². The maximum Gasteiger partial charge on any atom is 0.253 e. The number of nitrogens with zero attached hydrogens (tertiary/aromatic N) is 3. The van der Waals surface area contributed by atoms with Gasteiger partial charge in [0, 0.05) is 58.9 Å². The second kappa shape index (κ2) is 13.6. The summed E-state index contributed by atoms with van der Waals surface area (Å²) in [6.45, 7) is 15.4. The number of aliphatic imine (C=N–C) groups is 1. The third-order valence-electron chi connectivity index (χ3n) is 4.95. The van der Waals surface area contributed by atoms with Gasteiger partial charge in [-0.1, -0.05) is 38.1 Å². The number of nitrogens with one attached hydrogen (secondary N) is 2. The van der Waals surface area contributed by atoms with Gasteiger partial charge >= 0.3 is 0 Å². The molecule has 1 aromatic rings. The number of carbonyl (C=O) groups excluding carboxylic acids is 1. The molecule has 0 saturated carbocycles. The Morgan fingerprint density at radius 3 is 2.37 bits per heavy atom. The van der Waals surface area contributed by atoms with Crippen LogP contribution in [-0.4, -0.2) is 75.0 Å². The van der Waals surface area contributed by atoms with E-state index in [2.05, 4.69) is 47.5 Å². The van der Waals surface area contributed by atoms with E-state index >= 15 is 0 Å². The highest BCUT2D eigenvalue weighted by Gasteiger charge is 2.20. The van der Waals surface area contributed by atoms with E-state index in [4.69, 9.17) is 0 Å². The number of amides is 1. The molecule has 1 atom stereocenters. The Bertz CT molecular complexity index is 701. The molecule has 1 unspecified atom stereocenters. The standard InChI is InChI=1S/C24H39N5O/c1-8-15-29(16-9-2)22(19(3)4)18-27-24(25-5)26-14-13-20-11-10-12-21(17-20)23(30)28(6)7/h8-12,17,19,22H,1-2,13-16,18H2,3-7H3,(H2,25,26,27). The van der Waals surface area contributed by atoms with E-state index in [1.807, 2.05) is 36.4 Å². The molecular formula is C24H39N5O. The summed E-state index contributed by atoms with van der Waals surface area (Å²) in [5.74, 6) is 1.27. The lowest BCUT2D eigenvalue weighted by Crippen LogP contribution is -2.49. The molecule has 6 nitrogen and oxygen atoms in total. The molecule has 0 saturated heterocycles. The molecule has 1 amide bonds.